The summed E-state index contributed by atoms with van der Waals surface area (Å²) in [6, 6.07) is 12.7. The maximum Gasteiger partial charge on any atom is 0.173 e. The van der Waals surface area contributed by atoms with Crippen LogP contribution in [0.15, 0.2) is 46.7 Å². The second kappa shape index (κ2) is 6.61. The zero-order valence-electron chi connectivity index (χ0n) is 11.0. The van der Waals surface area contributed by atoms with Crippen LogP contribution < -0.4 is 10.2 Å². The first-order valence-electron chi connectivity index (χ1n) is 6.64. The van der Waals surface area contributed by atoms with Crippen LogP contribution in [-0.2, 0) is 6.54 Å². The maximum atomic E-state index is 5.59. The van der Waals surface area contributed by atoms with E-state index in [1.54, 1.807) is 11.3 Å². The number of rotatable bonds is 2. The minimum atomic E-state index is 0.808. The van der Waals surface area contributed by atoms with Crippen molar-refractivity contribution in [3.05, 3.63) is 46.7 Å². The largest absolute Gasteiger partial charge is 0.357 e. The molecule has 0 unspecified atom stereocenters. The lowest BCUT2D eigenvalue weighted by Crippen LogP contribution is -2.40. The van der Waals surface area contributed by atoms with Gasteiger partial charge in [0.15, 0.2) is 5.11 Å². The molecule has 0 atom stereocenters. The number of nitrogens with one attached hydrogen (secondary N) is 1. The summed E-state index contributed by atoms with van der Waals surface area (Å²) in [5.74, 6) is 1.15. The van der Waals surface area contributed by atoms with Crippen LogP contribution in [0.5, 0.6) is 0 Å². The highest BCUT2D eigenvalue weighted by Crippen LogP contribution is 2.33. The van der Waals surface area contributed by atoms with Gasteiger partial charge in [-0.1, -0.05) is 18.2 Å². The van der Waals surface area contributed by atoms with E-state index in [-0.39, 0.29) is 0 Å². The smallest absolute Gasteiger partial charge is 0.173 e. The number of benzene rings is 1. The number of para-hydroxylation sites is 1. The van der Waals surface area contributed by atoms with E-state index in [0.717, 1.165) is 30.4 Å². The Morgan fingerprint density at radius 1 is 1.25 bits per heavy atom. The van der Waals surface area contributed by atoms with Crippen molar-refractivity contribution in [2.75, 3.05) is 17.2 Å². The van der Waals surface area contributed by atoms with E-state index in [9.17, 15) is 0 Å². The number of anilines is 1. The molecule has 0 amide bonds. The molecule has 5 heteroatoms. The summed E-state index contributed by atoms with van der Waals surface area (Å²) in [6.07, 6.45) is 1.15. The van der Waals surface area contributed by atoms with Crippen molar-refractivity contribution in [1.29, 1.82) is 0 Å². The Hall–Kier alpha value is -1.04. The van der Waals surface area contributed by atoms with Crippen molar-refractivity contribution in [3.63, 3.8) is 0 Å². The summed E-state index contributed by atoms with van der Waals surface area (Å²) >= 11 is 9.27. The van der Waals surface area contributed by atoms with Crippen molar-refractivity contribution < 1.29 is 0 Å². The lowest BCUT2D eigenvalue weighted by atomic mass is 10.3. The monoisotopic (exact) mass is 320 g/mol. The van der Waals surface area contributed by atoms with Gasteiger partial charge >= 0.3 is 0 Å². The normalized spacial score (nSPS) is 14.5. The number of hydrogen-bond acceptors (Lipinski definition) is 3. The average molecular weight is 321 g/mol. The summed E-state index contributed by atoms with van der Waals surface area (Å²) in [5.41, 5.74) is 1.23. The van der Waals surface area contributed by atoms with Gasteiger partial charge in [-0.3, -0.25) is 0 Å². The molecule has 2 heterocycles. The SMILES string of the molecule is S=C(NCc1cccs1)N1CCCSc2ccccc21. The Balaban J connectivity index is 1.73. The van der Waals surface area contributed by atoms with E-state index < -0.39 is 0 Å². The summed E-state index contributed by atoms with van der Waals surface area (Å²) in [5, 5.41) is 6.30. The van der Waals surface area contributed by atoms with Crippen molar-refractivity contribution in [2.45, 2.75) is 17.9 Å². The Morgan fingerprint density at radius 3 is 3.00 bits per heavy atom. The fourth-order valence-corrected chi connectivity index (χ4v) is 4.11. The van der Waals surface area contributed by atoms with E-state index in [1.165, 1.54) is 15.5 Å². The highest BCUT2D eigenvalue weighted by Gasteiger charge is 2.18. The van der Waals surface area contributed by atoms with Crippen LogP contribution in [-0.4, -0.2) is 17.4 Å². The Labute approximate surface area is 133 Å². The van der Waals surface area contributed by atoms with Crippen molar-refractivity contribution >= 4 is 46.1 Å². The van der Waals surface area contributed by atoms with Gasteiger partial charge in [0.1, 0.15) is 0 Å². The number of thiophene rings is 1. The van der Waals surface area contributed by atoms with Crippen molar-refractivity contribution in [1.82, 2.24) is 5.32 Å². The fraction of sp³-hybridized carbons (Fsp3) is 0.267. The third-order valence-corrected chi connectivity index (χ3v) is 5.57. The third kappa shape index (κ3) is 3.16. The van der Waals surface area contributed by atoms with Crippen LogP contribution in [0.3, 0.4) is 0 Å². The molecule has 104 valence electrons. The number of thiocarbonyl (C=S) groups is 1. The first kappa shape index (κ1) is 13.9. The van der Waals surface area contributed by atoms with Crippen LogP contribution in [0, 0.1) is 0 Å². The van der Waals surface area contributed by atoms with Crippen LogP contribution in [0.4, 0.5) is 5.69 Å². The second-order valence-electron chi connectivity index (χ2n) is 4.56. The van der Waals surface area contributed by atoms with E-state index in [2.05, 4.69) is 52.0 Å². The second-order valence-corrected chi connectivity index (χ2v) is 7.12. The number of nitrogens with zero attached hydrogens (tertiary/aromatic N) is 1. The molecule has 0 fully saturated rings. The van der Waals surface area contributed by atoms with Gasteiger partial charge in [0.05, 0.1) is 12.2 Å². The minimum Gasteiger partial charge on any atom is -0.357 e. The molecule has 0 spiro atoms. The zero-order valence-corrected chi connectivity index (χ0v) is 13.5. The molecule has 20 heavy (non-hydrogen) atoms. The highest BCUT2D eigenvalue weighted by molar-refractivity contribution is 7.99. The van der Waals surface area contributed by atoms with Crippen LogP contribution >= 0.6 is 35.3 Å². The summed E-state index contributed by atoms with van der Waals surface area (Å²) in [6.45, 7) is 1.79. The van der Waals surface area contributed by atoms with E-state index >= 15 is 0 Å². The highest BCUT2D eigenvalue weighted by atomic mass is 32.2. The van der Waals surface area contributed by atoms with Crippen LogP contribution in [0.1, 0.15) is 11.3 Å². The van der Waals surface area contributed by atoms with Gasteiger partial charge in [0, 0.05) is 16.3 Å². The van der Waals surface area contributed by atoms with Gasteiger partial charge in [0.25, 0.3) is 0 Å². The number of fused-ring (bicyclic) bond motifs is 1. The average Bonchev–Trinajstić information content (AvgIpc) is 2.90. The molecule has 2 nitrogen and oxygen atoms in total. The molecule has 0 saturated carbocycles. The molecule has 1 aliphatic rings. The molecular weight excluding hydrogens is 304 g/mol. The van der Waals surface area contributed by atoms with Crippen LogP contribution in [0.2, 0.25) is 0 Å². The standard InChI is InChI=1S/C15H16N2S3/c18-15(16-11-12-5-3-9-19-12)17-8-4-10-20-14-7-2-1-6-13(14)17/h1-3,5-7,9H,4,8,10-11H2,(H,16,18). The minimum absolute atomic E-state index is 0.808. The summed E-state index contributed by atoms with van der Waals surface area (Å²) < 4.78 is 0. The lowest BCUT2D eigenvalue weighted by molar-refractivity contribution is 0.863. The number of hydrogen-bond donors (Lipinski definition) is 1. The number of thioether (sulfide) groups is 1. The summed E-state index contributed by atoms with van der Waals surface area (Å²) in [7, 11) is 0. The molecule has 0 bridgehead atoms. The maximum absolute atomic E-state index is 5.59. The molecule has 1 aliphatic heterocycles. The molecule has 0 aliphatic carbocycles. The van der Waals surface area contributed by atoms with E-state index in [4.69, 9.17) is 12.2 Å². The Kier molecular flexibility index (Phi) is 4.60. The van der Waals surface area contributed by atoms with Gasteiger partial charge in [-0.2, -0.15) is 0 Å². The van der Waals surface area contributed by atoms with Gasteiger partial charge in [-0.05, 0) is 48.0 Å². The molecule has 2 aromatic rings. The third-order valence-electron chi connectivity index (χ3n) is 3.18. The Morgan fingerprint density at radius 2 is 2.15 bits per heavy atom. The van der Waals surface area contributed by atoms with E-state index in [1.807, 2.05) is 11.8 Å². The molecule has 1 N–H and O–H groups in total. The molecule has 3 rings (SSSR count). The predicted molar refractivity (Wildman–Crippen MR) is 92.9 cm³/mol. The van der Waals surface area contributed by atoms with Crippen molar-refractivity contribution in [2.24, 2.45) is 0 Å². The first-order valence-corrected chi connectivity index (χ1v) is 8.91. The fourth-order valence-electron chi connectivity index (χ4n) is 2.21. The summed E-state index contributed by atoms with van der Waals surface area (Å²) in [4.78, 5) is 4.87. The zero-order chi connectivity index (χ0) is 13.8. The van der Waals surface area contributed by atoms with Crippen LogP contribution in [0.25, 0.3) is 0 Å². The predicted octanol–water partition coefficient (Wildman–Crippen LogP) is 4.13. The molecule has 1 aromatic heterocycles. The molecular formula is C15H16N2S3. The van der Waals surface area contributed by atoms with Gasteiger partial charge in [-0.25, -0.2) is 0 Å². The topological polar surface area (TPSA) is 15.3 Å². The molecule has 1 aromatic carbocycles. The van der Waals surface area contributed by atoms with Gasteiger partial charge in [-0.15, -0.1) is 23.1 Å². The van der Waals surface area contributed by atoms with Gasteiger partial charge < -0.3 is 10.2 Å². The first-order chi connectivity index (χ1) is 9.84. The Bertz CT molecular complexity index is 581. The van der Waals surface area contributed by atoms with E-state index in [0.29, 0.717) is 0 Å². The molecule has 0 radical (unpaired) electrons. The lowest BCUT2D eigenvalue weighted by Gasteiger charge is -2.25. The quantitative estimate of drug-likeness (QED) is 0.837. The van der Waals surface area contributed by atoms with Gasteiger partial charge in [0.2, 0.25) is 0 Å². The van der Waals surface area contributed by atoms with Crippen molar-refractivity contribution in [3.8, 4) is 0 Å². The molecule has 0 saturated heterocycles.